The molecule has 0 aromatic carbocycles. The Morgan fingerprint density at radius 2 is 1.86 bits per heavy atom. The summed E-state index contributed by atoms with van der Waals surface area (Å²) < 4.78 is 10.1. The van der Waals surface area contributed by atoms with E-state index in [2.05, 4.69) is 37.1 Å². The predicted molar refractivity (Wildman–Crippen MR) is 197 cm³/mol. The van der Waals surface area contributed by atoms with Crippen molar-refractivity contribution in [2.75, 3.05) is 43.1 Å². The zero-order chi connectivity index (χ0) is 33.8. The van der Waals surface area contributed by atoms with Gasteiger partial charge in [0.2, 0.25) is 0 Å². The van der Waals surface area contributed by atoms with Gasteiger partial charge < -0.3 is 24.6 Å². The van der Waals surface area contributed by atoms with Crippen LogP contribution in [0.25, 0.3) is 22.5 Å². The first-order chi connectivity index (χ1) is 23.8. The van der Waals surface area contributed by atoms with E-state index in [4.69, 9.17) is 4.74 Å². The number of aliphatic hydroxyl groups excluding tert-OH is 1. The number of fused-ring (bicyclic) bond motifs is 3. The molecule has 2 N–H and O–H groups in total. The van der Waals surface area contributed by atoms with Gasteiger partial charge in [-0.25, -0.2) is 9.97 Å². The van der Waals surface area contributed by atoms with E-state index >= 15 is 0 Å². The summed E-state index contributed by atoms with van der Waals surface area (Å²) in [7, 11) is 1.68. The number of aromatic nitrogens is 6. The maximum absolute atomic E-state index is 13.9. The van der Waals surface area contributed by atoms with Gasteiger partial charge in [0.25, 0.3) is 11.1 Å². The van der Waals surface area contributed by atoms with Gasteiger partial charge in [0.1, 0.15) is 22.8 Å². The number of ether oxygens (including phenoxy) is 1. The van der Waals surface area contributed by atoms with Crippen molar-refractivity contribution in [2.45, 2.75) is 58.2 Å². The summed E-state index contributed by atoms with van der Waals surface area (Å²) >= 11 is 0. The van der Waals surface area contributed by atoms with Gasteiger partial charge in [-0.05, 0) is 81.0 Å². The second kappa shape index (κ2) is 13.7. The minimum Gasteiger partial charge on any atom is -0.392 e. The van der Waals surface area contributed by atoms with Crippen molar-refractivity contribution >= 4 is 36.2 Å². The molecule has 0 saturated carbocycles. The summed E-state index contributed by atoms with van der Waals surface area (Å²) in [6.07, 6.45) is 9.22. The third-order valence-corrected chi connectivity index (χ3v) is 10.3. The number of hydrogen-bond donors (Lipinski definition) is 2. The highest BCUT2D eigenvalue weighted by atomic mass is 32.1. The molecule has 1 atom stereocenters. The largest absolute Gasteiger partial charge is 0.392 e. The molecule has 5 aromatic heterocycles. The van der Waals surface area contributed by atoms with E-state index in [0.29, 0.717) is 51.6 Å². The van der Waals surface area contributed by atoms with Crippen molar-refractivity contribution in [1.82, 2.24) is 33.6 Å². The zero-order valence-electron chi connectivity index (χ0n) is 28.6. The van der Waals surface area contributed by atoms with E-state index in [1.54, 1.807) is 31.6 Å². The molecular formula is C36H43N9O4S. The summed E-state index contributed by atoms with van der Waals surface area (Å²) in [6, 6.07) is 10.3. The topological polar surface area (TPSA) is 135 Å². The number of rotatable bonds is 7. The van der Waals surface area contributed by atoms with E-state index in [9.17, 15) is 14.7 Å². The molecule has 13 nitrogen and oxygen atoms in total. The van der Waals surface area contributed by atoms with Crippen molar-refractivity contribution in [2.24, 2.45) is 7.05 Å². The summed E-state index contributed by atoms with van der Waals surface area (Å²) in [5.74, 6) is 1.48. The standard InChI is InChI=1S/C36H41N9O4.H2S/c1-22-17-42(27-20-49-21-27)12-13-43(22)26-8-9-33(38-16-26)39-30-14-25(18-41(3)35(30)47)28-10-11-37-34(29(28)19-46)45-36(48)32-15-24-6-4-5-7-31(24)44(32)23(2)40-45;/h8-11,14-16,18,22,27,46H,4-7,12-13,17,19-21H2,1-3H3,(H,38,39);1H2/t22-;/m0./s1. The molecule has 0 bridgehead atoms. The first-order valence-corrected chi connectivity index (χ1v) is 17.1. The normalized spacial score (nSPS) is 18.1. The molecule has 0 unspecified atom stereocenters. The SMILES string of the molecule is Cc1nn(-c2nccc(-c3cc(Nc4ccc(N5CCN(C6COC6)C[C@@H]5C)cn4)c(=O)n(C)c3)c2CO)c(=O)c2cc3c(n12)CCCC3.S. The molecule has 2 aliphatic heterocycles. The lowest BCUT2D eigenvalue weighted by Crippen LogP contribution is -2.59. The number of aliphatic hydroxyl groups is 1. The molecule has 14 heteroatoms. The third-order valence-electron chi connectivity index (χ3n) is 10.3. The van der Waals surface area contributed by atoms with Gasteiger partial charge in [-0.3, -0.25) is 18.9 Å². The molecule has 0 amide bonds. The quantitative estimate of drug-likeness (QED) is 0.261. The molecule has 5 aromatic rings. The van der Waals surface area contributed by atoms with Crippen LogP contribution >= 0.6 is 13.5 Å². The Morgan fingerprint density at radius 1 is 1.04 bits per heavy atom. The van der Waals surface area contributed by atoms with Crippen LogP contribution in [0.4, 0.5) is 17.2 Å². The Bertz CT molecular complexity index is 2170. The molecule has 7 heterocycles. The van der Waals surface area contributed by atoms with Crippen LogP contribution in [0, 0.1) is 6.92 Å². The van der Waals surface area contributed by atoms with E-state index in [-0.39, 0.29) is 37.0 Å². The van der Waals surface area contributed by atoms with Crippen LogP contribution in [0.1, 0.15) is 42.4 Å². The second-order valence-electron chi connectivity index (χ2n) is 13.4. The second-order valence-corrected chi connectivity index (χ2v) is 13.4. The summed E-state index contributed by atoms with van der Waals surface area (Å²) in [5.41, 5.74) is 5.50. The number of aryl methyl sites for hydroxylation is 4. The van der Waals surface area contributed by atoms with Crippen molar-refractivity contribution in [3.05, 3.63) is 92.3 Å². The van der Waals surface area contributed by atoms with Crippen LogP contribution in [0.2, 0.25) is 0 Å². The van der Waals surface area contributed by atoms with Gasteiger partial charge in [-0.15, -0.1) is 5.10 Å². The fourth-order valence-corrected chi connectivity index (χ4v) is 7.65. The van der Waals surface area contributed by atoms with Crippen molar-refractivity contribution in [3.8, 4) is 16.9 Å². The van der Waals surface area contributed by atoms with Gasteiger partial charge in [0.05, 0.1) is 37.7 Å². The molecule has 0 spiro atoms. The summed E-state index contributed by atoms with van der Waals surface area (Å²) in [5, 5.41) is 18.6. The van der Waals surface area contributed by atoms with Gasteiger partial charge in [0.15, 0.2) is 5.82 Å². The van der Waals surface area contributed by atoms with Crippen LogP contribution in [-0.4, -0.2) is 83.7 Å². The highest BCUT2D eigenvalue weighted by Crippen LogP contribution is 2.30. The van der Waals surface area contributed by atoms with Crippen LogP contribution in [-0.2, 0) is 31.2 Å². The Labute approximate surface area is 296 Å². The number of nitrogens with zero attached hydrogens (tertiary/aromatic N) is 8. The highest BCUT2D eigenvalue weighted by molar-refractivity contribution is 7.59. The summed E-state index contributed by atoms with van der Waals surface area (Å²) in [4.78, 5) is 41.2. The molecule has 2 fully saturated rings. The van der Waals surface area contributed by atoms with Crippen molar-refractivity contribution < 1.29 is 9.84 Å². The van der Waals surface area contributed by atoms with Crippen molar-refractivity contribution in [3.63, 3.8) is 0 Å². The maximum atomic E-state index is 13.9. The number of pyridine rings is 3. The molecule has 50 heavy (non-hydrogen) atoms. The van der Waals surface area contributed by atoms with E-state index in [0.717, 1.165) is 69.9 Å². The number of hydrogen-bond acceptors (Lipinski definition) is 10. The van der Waals surface area contributed by atoms with Crippen LogP contribution in [0.5, 0.6) is 0 Å². The average molecular weight is 698 g/mol. The fourth-order valence-electron chi connectivity index (χ4n) is 7.65. The lowest BCUT2D eigenvalue weighted by atomic mass is 9.98. The van der Waals surface area contributed by atoms with Gasteiger partial charge in [-0.2, -0.15) is 18.2 Å². The zero-order valence-corrected chi connectivity index (χ0v) is 29.6. The lowest BCUT2D eigenvalue weighted by Gasteiger charge is -2.46. The van der Waals surface area contributed by atoms with E-state index in [1.165, 1.54) is 14.8 Å². The van der Waals surface area contributed by atoms with Crippen LogP contribution in [0.15, 0.2) is 58.5 Å². The maximum Gasteiger partial charge on any atom is 0.297 e. The number of nitrogens with one attached hydrogen (secondary N) is 1. The minimum absolute atomic E-state index is 0. The summed E-state index contributed by atoms with van der Waals surface area (Å²) in [6.45, 7) is 8.26. The Morgan fingerprint density at radius 3 is 2.58 bits per heavy atom. The Kier molecular flexibility index (Phi) is 9.28. The van der Waals surface area contributed by atoms with Gasteiger partial charge in [0, 0.05) is 61.9 Å². The molecule has 8 rings (SSSR count). The number of anilines is 3. The van der Waals surface area contributed by atoms with E-state index < -0.39 is 0 Å². The average Bonchev–Trinajstić information content (AvgIpc) is 3.49. The van der Waals surface area contributed by atoms with Crippen LogP contribution in [0.3, 0.4) is 0 Å². The third kappa shape index (κ3) is 5.89. The molecule has 1 aliphatic carbocycles. The molecule has 2 saturated heterocycles. The fraction of sp³-hybridized carbons (Fsp3) is 0.417. The van der Waals surface area contributed by atoms with Gasteiger partial charge in [-0.1, -0.05) is 0 Å². The monoisotopic (exact) mass is 697 g/mol. The van der Waals surface area contributed by atoms with Gasteiger partial charge >= 0.3 is 0 Å². The molecule has 262 valence electrons. The first-order valence-electron chi connectivity index (χ1n) is 17.1. The molecule has 0 radical (unpaired) electrons. The van der Waals surface area contributed by atoms with Crippen LogP contribution < -0.4 is 21.3 Å². The molecular weight excluding hydrogens is 655 g/mol. The highest BCUT2D eigenvalue weighted by Gasteiger charge is 2.32. The number of piperazine rings is 1. The minimum atomic E-state index is -0.385. The lowest BCUT2D eigenvalue weighted by molar-refractivity contribution is -0.0691. The Hall–Kier alpha value is -4.50. The predicted octanol–water partition coefficient (Wildman–Crippen LogP) is 3.09. The first kappa shape index (κ1) is 34.0. The van der Waals surface area contributed by atoms with Crippen molar-refractivity contribution in [1.29, 1.82) is 0 Å². The smallest absolute Gasteiger partial charge is 0.297 e. The molecule has 3 aliphatic rings. The Balaban J connectivity index is 0.00000392. The van der Waals surface area contributed by atoms with E-state index in [1.807, 2.05) is 35.7 Å².